The van der Waals surface area contributed by atoms with Gasteiger partial charge in [0.05, 0.1) is 17.8 Å². The van der Waals surface area contributed by atoms with Crippen molar-refractivity contribution in [2.24, 2.45) is 0 Å². The van der Waals surface area contributed by atoms with Gasteiger partial charge in [-0.1, -0.05) is 54.6 Å². The Bertz CT molecular complexity index is 1750. The molecule has 0 bridgehead atoms. The SMILES string of the molecule is CC(O)(CCOc1ccc2cc(OCc3ccccc3)c(N3CC(=O)NS3(=O)=O)c(F)c2c1)COC(=O)c1ccccc1. The standard InChI is InChI=1S/C31H29FN2O8S/c1-31(37,20-42-30(36)22-10-6-3-7-11-22)14-15-40-24-13-12-23-16-26(41-19-21-8-4-2-5-9-21)29(28(32)25(23)17-24)34-18-27(35)33-43(34,38)39/h2-13,16-17,37H,14-15,18-20H2,1H3,(H,33,35). The molecule has 5 rings (SSSR count). The lowest BCUT2D eigenvalue weighted by atomic mass is 10.0. The molecule has 0 spiro atoms. The summed E-state index contributed by atoms with van der Waals surface area (Å²) < 4.78 is 60.8. The van der Waals surface area contributed by atoms with E-state index in [1.165, 1.54) is 19.1 Å². The van der Waals surface area contributed by atoms with Crippen molar-refractivity contribution >= 4 is 38.5 Å². The second kappa shape index (κ2) is 12.3. The van der Waals surface area contributed by atoms with Crippen LogP contribution in [-0.4, -0.2) is 50.8 Å². The van der Waals surface area contributed by atoms with Gasteiger partial charge in [0.2, 0.25) is 0 Å². The molecule has 10 nitrogen and oxygen atoms in total. The number of benzene rings is 4. The van der Waals surface area contributed by atoms with E-state index in [1.54, 1.807) is 42.5 Å². The van der Waals surface area contributed by atoms with Crippen LogP contribution in [0.25, 0.3) is 10.8 Å². The fraction of sp³-hybridized carbons (Fsp3) is 0.226. The van der Waals surface area contributed by atoms with Crippen LogP contribution in [0, 0.1) is 5.82 Å². The normalized spacial score (nSPS) is 15.5. The first-order valence-corrected chi connectivity index (χ1v) is 14.8. The van der Waals surface area contributed by atoms with E-state index in [4.69, 9.17) is 14.2 Å². The Hall–Kier alpha value is -4.68. The lowest BCUT2D eigenvalue weighted by Gasteiger charge is -2.23. The molecule has 1 heterocycles. The van der Waals surface area contributed by atoms with E-state index >= 15 is 4.39 Å². The summed E-state index contributed by atoms with van der Waals surface area (Å²) in [5, 5.41) is 11.1. The fourth-order valence-electron chi connectivity index (χ4n) is 4.45. The highest BCUT2D eigenvalue weighted by molar-refractivity contribution is 7.92. The molecule has 1 aliphatic rings. The zero-order chi connectivity index (χ0) is 30.6. The molecule has 0 saturated carbocycles. The molecule has 1 amide bonds. The molecule has 12 heteroatoms. The third-order valence-corrected chi connectivity index (χ3v) is 8.11. The summed E-state index contributed by atoms with van der Waals surface area (Å²) in [6.45, 7) is 0.682. The Morgan fingerprint density at radius 2 is 1.72 bits per heavy atom. The highest BCUT2D eigenvalue weighted by Gasteiger charge is 2.38. The zero-order valence-electron chi connectivity index (χ0n) is 23.2. The van der Waals surface area contributed by atoms with E-state index in [2.05, 4.69) is 0 Å². The Morgan fingerprint density at radius 3 is 2.40 bits per heavy atom. The molecule has 0 aliphatic carbocycles. The minimum absolute atomic E-state index is 0.00701. The summed E-state index contributed by atoms with van der Waals surface area (Å²) in [5.41, 5.74) is -0.652. The molecule has 1 fully saturated rings. The summed E-state index contributed by atoms with van der Waals surface area (Å²) in [5.74, 6) is -2.07. The van der Waals surface area contributed by atoms with Crippen LogP contribution >= 0.6 is 0 Å². The molecule has 4 aromatic carbocycles. The lowest BCUT2D eigenvalue weighted by Crippen LogP contribution is -2.33. The van der Waals surface area contributed by atoms with E-state index in [-0.39, 0.29) is 43.1 Å². The van der Waals surface area contributed by atoms with Gasteiger partial charge in [0.1, 0.15) is 36.9 Å². The van der Waals surface area contributed by atoms with Gasteiger partial charge in [0.25, 0.3) is 5.91 Å². The quantitative estimate of drug-likeness (QED) is 0.243. The maximum Gasteiger partial charge on any atom is 0.338 e. The van der Waals surface area contributed by atoms with Crippen LogP contribution in [0.5, 0.6) is 11.5 Å². The van der Waals surface area contributed by atoms with Gasteiger partial charge >= 0.3 is 16.2 Å². The fourth-order valence-corrected chi connectivity index (χ4v) is 5.61. The summed E-state index contributed by atoms with van der Waals surface area (Å²) in [7, 11) is -4.34. The Labute approximate surface area is 247 Å². The number of amides is 1. The van der Waals surface area contributed by atoms with Crippen molar-refractivity contribution in [1.82, 2.24) is 4.72 Å². The third kappa shape index (κ3) is 7.04. The molecule has 1 aliphatic heterocycles. The summed E-state index contributed by atoms with van der Waals surface area (Å²) in [4.78, 5) is 24.1. The summed E-state index contributed by atoms with van der Waals surface area (Å²) in [6, 6.07) is 23.6. The van der Waals surface area contributed by atoms with Gasteiger partial charge in [-0.25, -0.2) is 18.2 Å². The molecule has 224 valence electrons. The second-order valence-corrected chi connectivity index (χ2v) is 11.9. The summed E-state index contributed by atoms with van der Waals surface area (Å²) >= 11 is 0. The second-order valence-electron chi connectivity index (χ2n) is 10.3. The molecule has 0 aromatic heterocycles. The van der Waals surface area contributed by atoms with E-state index in [0.29, 0.717) is 15.3 Å². The average molecular weight is 609 g/mol. The van der Waals surface area contributed by atoms with Crippen molar-refractivity contribution in [2.75, 3.05) is 24.1 Å². The Morgan fingerprint density at radius 1 is 1.02 bits per heavy atom. The number of hydrogen-bond donors (Lipinski definition) is 2. The van der Waals surface area contributed by atoms with Gasteiger partial charge in [-0.15, -0.1) is 0 Å². The maximum atomic E-state index is 16.1. The average Bonchev–Trinajstić information content (AvgIpc) is 3.27. The number of carbonyl (C=O) groups is 2. The molecule has 4 aromatic rings. The van der Waals surface area contributed by atoms with Crippen molar-refractivity contribution in [2.45, 2.75) is 25.6 Å². The molecular formula is C31H29FN2O8S. The minimum atomic E-state index is -4.34. The molecular weight excluding hydrogens is 579 g/mol. The number of anilines is 1. The van der Waals surface area contributed by atoms with Crippen molar-refractivity contribution in [3.05, 3.63) is 102 Å². The van der Waals surface area contributed by atoms with Crippen LogP contribution in [-0.2, 0) is 26.3 Å². The zero-order valence-corrected chi connectivity index (χ0v) is 24.0. The van der Waals surface area contributed by atoms with Gasteiger partial charge in [-0.05, 0) is 48.2 Å². The van der Waals surface area contributed by atoms with Crippen LogP contribution in [0.1, 0.15) is 29.3 Å². The predicted octanol–water partition coefficient (Wildman–Crippen LogP) is 4.12. The van der Waals surface area contributed by atoms with E-state index in [9.17, 15) is 23.1 Å². The molecule has 1 unspecified atom stereocenters. The number of halogens is 1. The maximum absolute atomic E-state index is 16.1. The number of fused-ring (bicyclic) bond motifs is 1. The molecule has 43 heavy (non-hydrogen) atoms. The molecule has 0 radical (unpaired) electrons. The Balaban J connectivity index is 1.33. The largest absolute Gasteiger partial charge is 0.493 e. The van der Waals surface area contributed by atoms with Crippen LogP contribution in [0.3, 0.4) is 0 Å². The van der Waals surface area contributed by atoms with Crippen molar-refractivity contribution in [1.29, 1.82) is 0 Å². The predicted molar refractivity (Wildman–Crippen MR) is 157 cm³/mol. The number of carbonyl (C=O) groups excluding carboxylic acids is 2. The van der Waals surface area contributed by atoms with E-state index in [1.807, 2.05) is 35.1 Å². The smallest absolute Gasteiger partial charge is 0.338 e. The first kappa shape index (κ1) is 29.8. The number of nitrogens with zero attached hydrogens (tertiary/aromatic N) is 1. The van der Waals surface area contributed by atoms with E-state index in [0.717, 1.165) is 5.56 Å². The minimum Gasteiger partial charge on any atom is -0.493 e. The highest BCUT2D eigenvalue weighted by Crippen LogP contribution is 2.40. The van der Waals surface area contributed by atoms with Crippen LogP contribution in [0.15, 0.2) is 84.9 Å². The van der Waals surface area contributed by atoms with Gasteiger partial charge in [-0.3, -0.25) is 4.79 Å². The topological polar surface area (TPSA) is 131 Å². The van der Waals surface area contributed by atoms with Crippen molar-refractivity contribution in [3.8, 4) is 11.5 Å². The number of rotatable bonds is 11. The van der Waals surface area contributed by atoms with Gasteiger partial charge < -0.3 is 19.3 Å². The van der Waals surface area contributed by atoms with Crippen LogP contribution in [0.4, 0.5) is 10.1 Å². The number of ether oxygens (including phenoxy) is 3. The van der Waals surface area contributed by atoms with Crippen molar-refractivity contribution in [3.63, 3.8) is 0 Å². The lowest BCUT2D eigenvalue weighted by molar-refractivity contribution is -0.117. The van der Waals surface area contributed by atoms with Gasteiger partial charge in [0.15, 0.2) is 5.82 Å². The van der Waals surface area contributed by atoms with Crippen LogP contribution in [0.2, 0.25) is 0 Å². The third-order valence-electron chi connectivity index (χ3n) is 6.73. The highest BCUT2D eigenvalue weighted by atomic mass is 32.2. The van der Waals surface area contributed by atoms with Crippen molar-refractivity contribution < 1.29 is 41.7 Å². The van der Waals surface area contributed by atoms with E-state index < -0.39 is 45.7 Å². The first-order valence-electron chi connectivity index (χ1n) is 13.4. The number of esters is 1. The molecule has 1 saturated heterocycles. The Kier molecular flexibility index (Phi) is 8.51. The number of aliphatic hydroxyl groups is 1. The molecule has 1 atom stereocenters. The van der Waals surface area contributed by atoms with Gasteiger partial charge in [0, 0.05) is 11.8 Å². The number of hydrogen-bond acceptors (Lipinski definition) is 8. The number of nitrogens with one attached hydrogen (secondary N) is 1. The monoisotopic (exact) mass is 608 g/mol. The molecule has 2 N–H and O–H groups in total. The van der Waals surface area contributed by atoms with Gasteiger partial charge in [-0.2, -0.15) is 8.42 Å². The first-order chi connectivity index (χ1) is 20.5. The summed E-state index contributed by atoms with van der Waals surface area (Å²) in [6.07, 6.45) is 0.0902. The van der Waals surface area contributed by atoms with Crippen LogP contribution < -0.4 is 18.5 Å².